The van der Waals surface area contributed by atoms with E-state index in [0.717, 1.165) is 0 Å². The Morgan fingerprint density at radius 2 is 1.78 bits per heavy atom. The molecule has 0 unspecified atom stereocenters. The van der Waals surface area contributed by atoms with E-state index in [2.05, 4.69) is 5.32 Å². The molecular formula is C16H16FNO4S. The van der Waals surface area contributed by atoms with Gasteiger partial charge in [-0.2, -0.15) is 0 Å². The standard InChI is InChI=1S/C16H16FNO4S/c1-22-12-6-8-13(9-7-12)23(20,21)11-10-16(19)18-15-5-3-2-4-14(15)17/h2-9H,10-11H2,1H3,(H,18,19). The van der Waals surface area contributed by atoms with Crippen LogP contribution in [0.25, 0.3) is 0 Å². The summed E-state index contributed by atoms with van der Waals surface area (Å²) in [7, 11) is -2.11. The van der Waals surface area contributed by atoms with Crippen molar-refractivity contribution in [3.05, 3.63) is 54.3 Å². The van der Waals surface area contributed by atoms with Crippen molar-refractivity contribution in [3.8, 4) is 5.75 Å². The van der Waals surface area contributed by atoms with Gasteiger partial charge in [-0.15, -0.1) is 0 Å². The highest BCUT2D eigenvalue weighted by molar-refractivity contribution is 7.91. The summed E-state index contributed by atoms with van der Waals surface area (Å²) in [6.45, 7) is 0. The van der Waals surface area contributed by atoms with Crippen molar-refractivity contribution in [1.82, 2.24) is 0 Å². The maximum absolute atomic E-state index is 13.4. The highest BCUT2D eigenvalue weighted by Gasteiger charge is 2.17. The lowest BCUT2D eigenvalue weighted by Crippen LogP contribution is -2.18. The largest absolute Gasteiger partial charge is 0.497 e. The van der Waals surface area contributed by atoms with Crippen molar-refractivity contribution >= 4 is 21.4 Å². The summed E-state index contributed by atoms with van der Waals surface area (Å²) in [5, 5.41) is 2.35. The first-order valence-corrected chi connectivity index (χ1v) is 8.49. The zero-order chi connectivity index (χ0) is 16.9. The van der Waals surface area contributed by atoms with Crippen LogP contribution in [0.4, 0.5) is 10.1 Å². The minimum absolute atomic E-state index is 0.0272. The van der Waals surface area contributed by atoms with E-state index in [1.165, 1.54) is 49.6 Å². The molecule has 0 saturated heterocycles. The van der Waals surface area contributed by atoms with Crippen LogP contribution < -0.4 is 10.1 Å². The lowest BCUT2D eigenvalue weighted by atomic mass is 10.3. The van der Waals surface area contributed by atoms with Gasteiger partial charge in [0.25, 0.3) is 0 Å². The fourth-order valence-corrected chi connectivity index (χ4v) is 3.14. The Balaban J connectivity index is 1.98. The lowest BCUT2D eigenvalue weighted by Gasteiger charge is -2.07. The van der Waals surface area contributed by atoms with Gasteiger partial charge >= 0.3 is 0 Å². The number of hydrogen-bond acceptors (Lipinski definition) is 4. The third-order valence-electron chi connectivity index (χ3n) is 3.16. The average Bonchev–Trinajstić information content (AvgIpc) is 2.55. The van der Waals surface area contributed by atoms with Crippen LogP contribution in [0.15, 0.2) is 53.4 Å². The number of amides is 1. The van der Waals surface area contributed by atoms with Gasteiger partial charge in [-0.1, -0.05) is 12.1 Å². The summed E-state index contributed by atoms with van der Waals surface area (Å²) >= 11 is 0. The molecule has 0 aromatic heterocycles. The summed E-state index contributed by atoms with van der Waals surface area (Å²) in [6, 6.07) is 11.6. The Hall–Kier alpha value is -2.41. The molecule has 2 aromatic carbocycles. The predicted molar refractivity (Wildman–Crippen MR) is 84.7 cm³/mol. The molecule has 0 aliphatic carbocycles. The monoisotopic (exact) mass is 337 g/mol. The Bertz CT molecular complexity index is 788. The van der Waals surface area contributed by atoms with Crippen molar-refractivity contribution in [2.24, 2.45) is 0 Å². The van der Waals surface area contributed by atoms with E-state index in [9.17, 15) is 17.6 Å². The minimum Gasteiger partial charge on any atom is -0.497 e. The first-order chi connectivity index (χ1) is 10.9. The molecule has 122 valence electrons. The maximum Gasteiger partial charge on any atom is 0.225 e. The fourth-order valence-electron chi connectivity index (χ4n) is 1.90. The van der Waals surface area contributed by atoms with Crippen molar-refractivity contribution in [2.45, 2.75) is 11.3 Å². The molecule has 0 spiro atoms. The lowest BCUT2D eigenvalue weighted by molar-refractivity contribution is -0.115. The molecule has 2 rings (SSSR count). The van der Waals surface area contributed by atoms with Crippen LogP contribution in [0, 0.1) is 5.82 Å². The second-order valence-corrected chi connectivity index (χ2v) is 6.88. The number of halogens is 1. The van der Waals surface area contributed by atoms with Crippen LogP contribution in [-0.4, -0.2) is 27.2 Å². The van der Waals surface area contributed by atoms with Crippen molar-refractivity contribution in [3.63, 3.8) is 0 Å². The Labute approximate surface area is 134 Å². The van der Waals surface area contributed by atoms with Gasteiger partial charge in [-0.05, 0) is 36.4 Å². The molecule has 23 heavy (non-hydrogen) atoms. The van der Waals surface area contributed by atoms with Crippen LogP contribution in [0.5, 0.6) is 5.75 Å². The summed E-state index contributed by atoms with van der Waals surface area (Å²) in [4.78, 5) is 11.9. The van der Waals surface area contributed by atoms with E-state index >= 15 is 0 Å². The van der Waals surface area contributed by atoms with E-state index in [0.29, 0.717) is 5.75 Å². The normalized spacial score (nSPS) is 11.0. The van der Waals surface area contributed by atoms with Crippen LogP contribution in [0.3, 0.4) is 0 Å². The highest BCUT2D eigenvalue weighted by atomic mass is 32.2. The first kappa shape index (κ1) is 17.0. The van der Waals surface area contributed by atoms with E-state index in [1.54, 1.807) is 6.07 Å². The first-order valence-electron chi connectivity index (χ1n) is 6.83. The SMILES string of the molecule is COc1ccc(S(=O)(=O)CCC(=O)Nc2ccccc2F)cc1. The van der Waals surface area contributed by atoms with Crippen molar-refractivity contribution < 1.29 is 22.3 Å². The van der Waals surface area contributed by atoms with Gasteiger partial charge in [-0.25, -0.2) is 12.8 Å². The number of sulfone groups is 1. The number of carbonyl (C=O) groups excluding carboxylic acids is 1. The molecule has 0 aliphatic heterocycles. The van der Waals surface area contributed by atoms with Gasteiger partial charge < -0.3 is 10.1 Å². The number of anilines is 1. The van der Waals surface area contributed by atoms with E-state index < -0.39 is 21.6 Å². The van der Waals surface area contributed by atoms with Crippen LogP contribution in [-0.2, 0) is 14.6 Å². The molecule has 0 aliphatic rings. The Kier molecular flexibility index (Phi) is 5.33. The third-order valence-corrected chi connectivity index (χ3v) is 4.90. The zero-order valence-electron chi connectivity index (χ0n) is 12.5. The van der Waals surface area contributed by atoms with Crippen molar-refractivity contribution in [1.29, 1.82) is 0 Å². The summed E-state index contributed by atoms with van der Waals surface area (Å²) in [5.74, 6) is -0.952. The van der Waals surface area contributed by atoms with Gasteiger partial charge in [0, 0.05) is 6.42 Å². The maximum atomic E-state index is 13.4. The van der Waals surface area contributed by atoms with Gasteiger partial charge in [0.2, 0.25) is 5.91 Å². The quantitative estimate of drug-likeness (QED) is 0.879. The summed E-state index contributed by atoms with van der Waals surface area (Å²) in [5.41, 5.74) is 0.0272. The van der Waals surface area contributed by atoms with Crippen LogP contribution in [0.2, 0.25) is 0 Å². The average molecular weight is 337 g/mol. The second-order valence-electron chi connectivity index (χ2n) is 4.77. The predicted octanol–water partition coefficient (Wildman–Crippen LogP) is 2.64. The molecule has 0 atom stereocenters. The molecule has 1 amide bonds. The molecule has 0 bridgehead atoms. The molecule has 1 N–H and O–H groups in total. The van der Waals surface area contributed by atoms with E-state index in [4.69, 9.17) is 4.74 Å². The molecule has 0 radical (unpaired) electrons. The summed E-state index contributed by atoms with van der Waals surface area (Å²) in [6.07, 6.45) is -0.261. The van der Waals surface area contributed by atoms with Gasteiger partial charge in [-0.3, -0.25) is 4.79 Å². The van der Waals surface area contributed by atoms with Gasteiger partial charge in [0.1, 0.15) is 11.6 Å². The number of carbonyl (C=O) groups is 1. The highest BCUT2D eigenvalue weighted by Crippen LogP contribution is 2.18. The van der Waals surface area contributed by atoms with Crippen molar-refractivity contribution in [2.75, 3.05) is 18.2 Å². The number of nitrogens with one attached hydrogen (secondary N) is 1. The molecule has 0 heterocycles. The molecule has 5 nitrogen and oxygen atoms in total. The number of para-hydroxylation sites is 1. The topological polar surface area (TPSA) is 72.5 Å². The number of benzene rings is 2. The van der Waals surface area contributed by atoms with Crippen LogP contribution in [0.1, 0.15) is 6.42 Å². The number of ether oxygens (including phenoxy) is 1. The Morgan fingerprint density at radius 1 is 1.13 bits per heavy atom. The van der Waals surface area contributed by atoms with E-state index in [-0.39, 0.29) is 22.8 Å². The summed E-state index contributed by atoms with van der Waals surface area (Å²) < 4.78 is 42.7. The smallest absolute Gasteiger partial charge is 0.225 e. The van der Waals surface area contributed by atoms with E-state index in [1.807, 2.05) is 0 Å². The fraction of sp³-hybridized carbons (Fsp3) is 0.188. The zero-order valence-corrected chi connectivity index (χ0v) is 13.3. The number of hydrogen-bond donors (Lipinski definition) is 1. The van der Waals surface area contributed by atoms with Gasteiger partial charge in [0.05, 0.1) is 23.4 Å². The molecular weight excluding hydrogens is 321 g/mol. The molecule has 7 heteroatoms. The molecule has 2 aromatic rings. The van der Waals surface area contributed by atoms with Crippen LogP contribution >= 0.6 is 0 Å². The minimum atomic E-state index is -3.59. The molecule has 0 fully saturated rings. The Morgan fingerprint density at radius 3 is 2.39 bits per heavy atom. The second kappa shape index (κ2) is 7.23. The van der Waals surface area contributed by atoms with Gasteiger partial charge in [0.15, 0.2) is 9.84 Å². The third kappa shape index (κ3) is 4.53. The number of methoxy groups -OCH3 is 1. The molecule has 0 saturated carbocycles. The number of rotatable bonds is 6.